The Labute approximate surface area is 512 Å². The summed E-state index contributed by atoms with van der Waals surface area (Å²) < 4.78 is 22.8. The van der Waals surface area contributed by atoms with E-state index in [9.17, 15) is 19.5 Å². The van der Waals surface area contributed by atoms with Crippen LogP contribution in [0, 0.1) is 0 Å². The average Bonchev–Trinajstić information content (AvgIpc) is 3.46. The Morgan fingerprint density at radius 2 is 0.687 bits per heavy atom. The number of quaternary nitrogens is 1. The largest absolute Gasteiger partial charge is 0.545 e. The van der Waals surface area contributed by atoms with Gasteiger partial charge in [-0.05, 0) is 96.3 Å². The number of hydrogen-bond donors (Lipinski definition) is 0. The van der Waals surface area contributed by atoms with Crippen molar-refractivity contribution in [3.05, 3.63) is 97.2 Å². The van der Waals surface area contributed by atoms with E-state index in [0.29, 0.717) is 17.4 Å². The van der Waals surface area contributed by atoms with Crippen LogP contribution in [0.5, 0.6) is 0 Å². The van der Waals surface area contributed by atoms with Gasteiger partial charge in [0.05, 0.1) is 40.3 Å². The molecule has 478 valence electrons. The number of carboxylic acid groups (broad SMARTS) is 1. The zero-order chi connectivity index (χ0) is 60.5. The monoisotopic (exact) mass is 1160 g/mol. The molecule has 0 N–H and O–H groups in total. The van der Waals surface area contributed by atoms with Gasteiger partial charge in [-0.1, -0.05) is 284 Å². The molecule has 9 heteroatoms. The van der Waals surface area contributed by atoms with Gasteiger partial charge in [0.2, 0.25) is 0 Å². The summed E-state index contributed by atoms with van der Waals surface area (Å²) in [4.78, 5) is 37.5. The molecule has 2 unspecified atom stereocenters. The number of ether oxygens (including phenoxy) is 4. The van der Waals surface area contributed by atoms with Crippen LogP contribution in [0.2, 0.25) is 0 Å². The van der Waals surface area contributed by atoms with E-state index in [2.05, 4.69) is 111 Å². The van der Waals surface area contributed by atoms with Crippen LogP contribution in [0.15, 0.2) is 97.2 Å². The smallest absolute Gasteiger partial charge is 0.306 e. The van der Waals surface area contributed by atoms with Gasteiger partial charge in [0.1, 0.15) is 13.2 Å². The normalized spacial score (nSPS) is 13.3. The van der Waals surface area contributed by atoms with Crippen molar-refractivity contribution in [3.8, 4) is 0 Å². The molecule has 0 aromatic heterocycles. The van der Waals surface area contributed by atoms with Crippen molar-refractivity contribution in [2.45, 2.75) is 309 Å². The van der Waals surface area contributed by atoms with Gasteiger partial charge in [0.15, 0.2) is 12.4 Å². The van der Waals surface area contributed by atoms with Crippen LogP contribution in [0.3, 0.4) is 0 Å². The molecule has 0 saturated heterocycles. The second-order valence-electron chi connectivity index (χ2n) is 24.1. The van der Waals surface area contributed by atoms with Crippen molar-refractivity contribution in [2.75, 3.05) is 47.5 Å². The van der Waals surface area contributed by atoms with Crippen molar-refractivity contribution in [1.29, 1.82) is 0 Å². The first-order valence-corrected chi connectivity index (χ1v) is 34.4. The predicted molar refractivity (Wildman–Crippen MR) is 352 cm³/mol. The molecule has 0 aliphatic rings. The fourth-order valence-corrected chi connectivity index (χ4v) is 9.57. The molecule has 9 nitrogen and oxygen atoms in total. The van der Waals surface area contributed by atoms with Crippen LogP contribution >= 0.6 is 0 Å². The molecule has 0 aromatic rings. The third kappa shape index (κ3) is 65.6. The van der Waals surface area contributed by atoms with E-state index in [4.69, 9.17) is 18.9 Å². The summed E-state index contributed by atoms with van der Waals surface area (Å²) in [6.45, 7) is 4.65. The summed E-state index contributed by atoms with van der Waals surface area (Å²) in [5.41, 5.74) is 0. The number of hydrogen-bond acceptors (Lipinski definition) is 8. The number of carboxylic acids is 1. The highest BCUT2D eigenvalue weighted by atomic mass is 16.7. The number of esters is 2. The van der Waals surface area contributed by atoms with Gasteiger partial charge in [-0.2, -0.15) is 0 Å². The maximum absolute atomic E-state index is 12.9. The van der Waals surface area contributed by atoms with Crippen molar-refractivity contribution >= 4 is 17.9 Å². The van der Waals surface area contributed by atoms with Crippen LogP contribution in [-0.4, -0.2) is 82.3 Å². The van der Waals surface area contributed by atoms with E-state index in [1.54, 1.807) is 0 Å². The van der Waals surface area contributed by atoms with Crippen LogP contribution in [0.4, 0.5) is 0 Å². The number of carbonyl (C=O) groups excluding carboxylic acids is 3. The van der Waals surface area contributed by atoms with E-state index >= 15 is 0 Å². The molecule has 0 bridgehead atoms. The molecular formula is C74H129NO8. The van der Waals surface area contributed by atoms with Gasteiger partial charge in [0.25, 0.3) is 0 Å². The molecule has 0 fully saturated rings. The molecule has 0 saturated carbocycles. The van der Waals surface area contributed by atoms with Gasteiger partial charge in [-0.3, -0.25) is 9.59 Å². The molecule has 0 aromatic carbocycles. The number of unbranched alkanes of at least 4 members (excludes halogenated alkanes) is 32. The van der Waals surface area contributed by atoms with E-state index in [-0.39, 0.29) is 38.6 Å². The Morgan fingerprint density at radius 1 is 0.373 bits per heavy atom. The fraction of sp³-hybridized carbons (Fsp3) is 0.743. The lowest BCUT2D eigenvalue weighted by molar-refractivity contribution is -0.870. The van der Waals surface area contributed by atoms with Gasteiger partial charge in [-0.15, -0.1) is 0 Å². The number of allylic oxidation sites excluding steroid dienone is 16. The van der Waals surface area contributed by atoms with Crippen molar-refractivity contribution in [1.82, 2.24) is 0 Å². The molecule has 0 aliphatic heterocycles. The van der Waals surface area contributed by atoms with Crippen molar-refractivity contribution < 1.29 is 42.9 Å². The highest BCUT2D eigenvalue weighted by Gasteiger charge is 2.22. The minimum absolute atomic E-state index is 0.143. The minimum Gasteiger partial charge on any atom is -0.545 e. The SMILES string of the molecule is CC/C=C\C/C=C\C/C=C\C/C=C\C/C=C\C/C=C\C/C=C\CCCCCCCCCCCC(=O)OC(COC(=O)CCCCCCCCCCCCCCCCC/C=C\CCCCCCCCCC)COC(OCC[N+](C)(C)C)C(=O)[O-]. The second-order valence-corrected chi connectivity index (χ2v) is 24.1. The summed E-state index contributed by atoms with van der Waals surface area (Å²) in [5, 5.41) is 11.8. The Morgan fingerprint density at radius 3 is 1.04 bits per heavy atom. The van der Waals surface area contributed by atoms with Gasteiger partial charge in [0, 0.05) is 12.8 Å². The summed E-state index contributed by atoms with van der Waals surface area (Å²) in [5.74, 6) is -2.29. The molecule has 0 amide bonds. The minimum atomic E-state index is -1.63. The predicted octanol–water partition coefficient (Wildman–Crippen LogP) is 19.9. The van der Waals surface area contributed by atoms with Gasteiger partial charge < -0.3 is 33.3 Å². The quantitative estimate of drug-likeness (QED) is 0.0195. The van der Waals surface area contributed by atoms with Crippen molar-refractivity contribution in [2.24, 2.45) is 0 Å². The summed E-state index contributed by atoms with van der Waals surface area (Å²) in [6.07, 6.45) is 84.8. The fourth-order valence-electron chi connectivity index (χ4n) is 9.57. The molecule has 83 heavy (non-hydrogen) atoms. The number of rotatable bonds is 63. The lowest BCUT2D eigenvalue weighted by Gasteiger charge is -2.26. The van der Waals surface area contributed by atoms with Crippen LogP contribution in [0.1, 0.15) is 296 Å². The first-order valence-electron chi connectivity index (χ1n) is 34.4. The summed E-state index contributed by atoms with van der Waals surface area (Å²) in [7, 11) is 5.93. The van der Waals surface area contributed by atoms with E-state index in [0.717, 1.165) is 89.9 Å². The maximum atomic E-state index is 12.9. The average molecular weight is 1160 g/mol. The number of likely N-dealkylation sites (N-methyl/N-ethyl adjacent to an activating group) is 1. The lowest BCUT2D eigenvalue weighted by Crippen LogP contribution is -2.44. The molecule has 0 heterocycles. The third-order valence-corrected chi connectivity index (χ3v) is 14.8. The number of nitrogens with zero attached hydrogens (tertiary/aromatic N) is 1. The van der Waals surface area contributed by atoms with Crippen LogP contribution in [0.25, 0.3) is 0 Å². The van der Waals surface area contributed by atoms with E-state index in [1.165, 1.54) is 173 Å². The summed E-state index contributed by atoms with van der Waals surface area (Å²) in [6, 6.07) is 0. The Kier molecular flexibility index (Phi) is 61.3. The standard InChI is InChI=1S/C74H129NO8/c1-6-8-10-12-14-16-18-20-22-24-26-28-30-32-34-35-36-37-39-41-43-45-47-49-51-53-55-57-59-61-63-65-72(77)83-70(69-82-74(73(78)79)80-67-66-75(3,4)5)68-81-71(76)64-62-60-58-56-54-52-50-48-46-44-42-40-38-33-31-29-27-25-23-21-19-17-15-13-11-9-7-2/h8,10,14,16,20,22,25-28,32,34,36-37,41,43,70,74H,6-7,9,11-13,15,17-19,21,23-24,29-31,33,35,38-40,42,44-69H2,1-5H3/b10-8-,16-14-,22-20-,27-25-,28-26-,34-32-,37-36-,43-41-. The lowest BCUT2D eigenvalue weighted by atomic mass is 10.0. The molecular weight excluding hydrogens is 1030 g/mol. The first kappa shape index (κ1) is 79.2. The van der Waals surface area contributed by atoms with Crippen molar-refractivity contribution in [3.63, 3.8) is 0 Å². The van der Waals surface area contributed by atoms with Gasteiger partial charge >= 0.3 is 11.9 Å². The highest BCUT2D eigenvalue weighted by Crippen LogP contribution is 2.17. The molecule has 0 spiro atoms. The van der Waals surface area contributed by atoms with E-state index < -0.39 is 24.3 Å². The second kappa shape index (κ2) is 64.2. The third-order valence-electron chi connectivity index (χ3n) is 14.8. The highest BCUT2D eigenvalue weighted by molar-refractivity contribution is 5.70. The Hall–Kier alpha value is -3.79. The maximum Gasteiger partial charge on any atom is 0.306 e. The van der Waals surface area contributed by atoms with Crippen LogP contribution < -0.4 is 5.11 Å². The number of aliphatic carboxylic acids is 1. The van der Waals surface area contributed by atoms with E-state index in [1.807, 2.05) is 21.1 Å². The summed E-state index contributed by atoms with van der Waals surface area (Å²) >= 11 is 0. The topological polar surface area (TPSA) is 111 Å². The molecule has 0 aliphatic carbocycles. The zero-order valence-electron chi connectivity index (χ0n) is 54.5. The molecule has 2 atom stereocenters. The number of carbonyl (C=O) groups is 3. The molecule has 0 rings (SSSR count). The van der Waals surface area contributed by atoms with Crippen LogP contribution in [-0.2, 0) is 33.3 Å². The zero-order valence-corrected chi connectivity index (χ0v) is 54.5. The van der Waals surface area contributed by atoms with Gasteiger partial charge in [-0.25, -0.2) is 0 Å². The first-order chi connectivity index (χ1) is 40.6. The Balaban J connectivity index is 4.17. The molecule has 0 radical (unpaired) electrons. The Bertz CT molecular complexity index is 1680.